The van der Waals surface area contributed by atoms with Crippen LogP contribution in [-0.2, 0) is 10.3 Å². The van der Waals surface area contributed by atoms with Crippen LogP contribution in [0.3, 0.4) is 0 Å². The maximum atomic E-state index is 10.7. The molecule has 0 N–H and O–H groups in total. The summed E-state index contributed by atoms with van der Waals surface area (Å²) in [5, 5.41) is 0. The molecule has 0 radical (unpaired) electrons. The predicted octanol–water partition coefficient (Wildman–Crippen LogP) is 3.95. The van der Waals surface area contributed by atoms with E-state index in [0.29, 0.717) is 6.10 Å². The topological polar surface area (TPSA) is 38.7 Å². The van der Waals surface area contributed by atoms with Crippen LogP contribution in [0.5, 0.6) is 5.75 Å². The number of aliphatic imine (C=N–C) groups is 1. The largest absolute Gasteiger partial charge is 0.490 e. The SMILES string of the molecule is Cc1ccc(C2(N=C=O)CC2)c(OC2CCCC2)c1C. The first kappa shape index (κ1) is 13.4. The highest BCUT2D eigenvalue weighted by Crippen LogP contribution is 2.53. The fourth-order valence-corrected chi connectivity index (χ4v) is 3.13. The van der Waals surface area contributed by atoms with E-state index in [2.05, 4.69) is 31.0 Å². The smallest absolute Gasteiger partial charge is 0.235 e. The molecule has 3 heteroatoms. The minimum atomic E-state index is -0.353. The minimum Gasteiger partial charge on any atom is -0.490 e. The van der Waals surface area contributed by atoms with Crippen molar-refractivity contribution in [3.63, 3.8) is 0 Å². The Morgan fingerprint density at radius 2 is 1.95 bits per heavy atom. The monoisotopic (exact) mass is 271 g/mol. The van der Waals surface area contributed by atoms with Crippen LogP contribution in [0.15, 0.2) is 17.1 Å². The third-order valence-corrected chi connectivity index (χ3v) is 4.75. The van der Waals surface area contributed by atoms with Gasteiger partial charge in [-0.05, 0) is 63.5 Å². The number of isocyanates is 1. The molecule has 2 fully saturated rings. The molecule has 0 atom stereocenters. The van der Waals surface area contributed by atoms with Crippen molar-refractivity contribution < 1.29 is 9.53 Å². The molecular formula is C17H21NO2. The number of aryl methyl sites for hydroxylation is 1. The predicted molar refractivity (Wildman–Crippen MR) is 77.8 cm³/mol. The molecule has 0 bridgehead atoms. The Kier molecular flexibility index (Phi) is 3.39. The van der Waals surface area contributed by atoms with Gasteiger partial charge in [0.2, 0.25) is 6.08 Å². The van der Waals surface area contributed by atoms with Crippen LogP contribution < -0.4 is 4.74 Å². The Hall–Kier alpha value is -1.60. The molecule has 2 saturated carbocycles. The summed E-state index contributed by atoms with van der Waals surface area (Å²) in [5.41, 5.74) is 3.14. The molecule has 0 spiro atoms. The van der Waals surface area contributed by atoms with E-state index in [9.17, 15) is 4.79 Å². The zero-order chi connectivity index (χ0) is 14.2. The zero-order valence-electron chi connectivity index (χ0n) is 12.2. The number of rotatable bonds is 4. The van der Waals surface area contributed by atoms with Crippen molar-refractivity contribution >= 4 is 6.08 Å². The minimum absolute atomic E-state index is 0.324. The van der Waals surface area contributed by atoms with Gasteiger partial charge in [0.1, 0.15) is 11.3 Å². The third-order valence-electron chi connectivity index (χ3n) is 4.75. The summed E-state index contributed by atoms with van der Waals surface area (Å²) in [7, 11) is 0. The van der Waals surface area contributed by atoms with Gasteiger partial charge in [0.05, 0.1) is 6.10 Å². The molecule has 0 amide bonds. The summed E-state index contributed by atoms with van der Waals surface area (Å²) in [6, 6.07) is 4.19. The van der Waals surface area contributed by atoms with Crippen molar-refractivity contribution in [1.29, 1.82) is 0 Å². The van der Waals surface area contributed by atoms with Gasteiger partial charge in [-0.1, -0.05) is 12.1 Å². The quantitative estimate of drug-likeness (QED) is 0.614. The number of ether oxygens (including phenoxy) is 1. The van der Waals surface area contributed by atoms with Crippen LogP contribution >= 0.6 is 0 Å². The van der Waals surface area contributed by atoms with Gasteiger partial charge >= 0.3 is 0 Å². The molecule has 3 rings (SSSR count). The molecule has 0 unspecified atom stereocenters. The highest BCUT2D eigenvalue weighted by atomic mass is 16.5. The number of nitrogens with zero attached hydrogens (tertiary/aromatic N) is 1. The summed E-state index contributed by atoms with van der Waals surface area (Å²) in [5.74, 6) is 0.966. The van der Waals surface area contributed by atoms with Crippen molar-refractivity contribution in [3.8, 4) is 5.75 Å². The van der Waals surface area contributed by atoms with Crippen LogP contribution in [0.1, 0.15) is 55.2 Å². The molecular weight excluding hydrogens is 250 g/mol. The second-order valence-corrected chi connectivity index (χ2v) is 6.14. The van der Waals surface area contributed by atoms with Crippen LogP contribution in [0.2, 0.25) is 0 Å². The van der Waals surface area contributed by atoms with Crippen molar-refractivity contribution in [2.24, 2.45) is 4.99 Å². The lowest BCUT2D eigenvalue weighted by atomic mass is 9.97. The van der Waals surface area contributed by atoms with Crippen LogP contribution in [0.4, 0.5) is 0 Å². The normalized spacial score (nSPS) is 20.5. The van der Waals surface area contributed by atoms with Crippen LogP contribution in [0, 0.1) is 13.8 Å². The standard InChI is InChI=1S/C17H21NO2/c1-12-7-8-15(17(9-10-17)18-11-19)16(13(12)2)20-14-5-3-4-6-14/h7-8,14H,3-6,9-10H2,1-2H3. The Bertz CT molecular complexity index is 563. The molecule has 0 aromatic heterocycles. The molecule has 0 aliphatic heterocycles. The van der Waals surface area contributed by atoms with E-state index in [4.69, 9.17) is 4.74 Å². The van der Waals surface area contributed by atoms with E-state index >= 15 is 0 Å². The van der Waals surface area contributed by atoms with Gasteiger partial charge in [-0.25, -0.2) is 4.79 Å². The average Bonchev–Trinajstić information content (AvgIpc) is 3.02. The maximum absolute atomic E-state index is 10.7. The van der Waals surface area contributed by atoms with E-state index in [-0.39, 0.29) is 5.54 Å². The van der Waals surface area contributed by atoms with Gasteiger partial charge in [0, 0.05) is 5.56 Å². The van der Waals surface area contributed by atoms with Crippen LogP contribution in [-0.4, -0.2) is 12.2 Å². The Labute approximate surface area is 120 Å². The van der Waals surface area contributed by atoms with Gasteiger partial charge in [-0.2, -0.15) is 4.99 Å². The highest BCUT2D eigenvalue weighted by molar-refractivity contribution is 5.53. The maximum Gasteiger partial charge on any atom is 0.235 e. The first-order chi connectivity index (χ1) is 9.66. The molecule has 1 aromatic carbocycles. The summed E-state index contributed by atoms with van der Waals surface area (Å²) in [4.78, 5) is 14.8. The van der Waals surface area contributed by atoms with Crippen molar-refractivity contribution in [2.45, 2.75) is 64.0 Å². The van der Waals surface area contributed by atoms with E-state index in [1.54, 1.807) is 6.08 Å². The summed E-state index contributed by atoms with van der Waals surface area (Å²) in [6.07, 6.45) is 8.69. The lowest BCUT2D eigenvalue weighted by Gasteiger charge is -2.22. The van der Waals surface area contributed by atoms with Crippen molar-refractivity contribution in [3.05, 3.63) is 28.8 Å². The second-order valence-electron chi connectivity index (χ2n) is 6.14. The van der Waals surface area contributed by atoms with E-state index in [0.717, 1.165) is 37.0 Å². The third kappa shape index (κ3) is 2.27. The summed E-state index contributed by atoms with van der Waals surface area (Å²) in [6.45, 7) is 4.20. The summed E-state index contributed by atoms with van der Waals surface area (Å²) < 4.78 is 6.30. The lowest BCUT2D eigenvalue weighted by Crippen LogP contribution is -2.16. The molecule has 3 nitrogen and oxygen atoms in total. The van der Waals surface area contributed by atoms with Crippen LogP contribution in [0.25, 0.3) is 0 Å². The van der Waals surface area contributed by atoms with Gasteiger partial charge < -0.3 is 4.74 Å². The average molecular weight is 271 g/mol. The van der Waals surface area contributed by atoms with Gasteiger partial charge in [0.25, 0.3) is 0 Å². The lowest BCUT2D eigenvalue weighted by molar-refractivity contribution is 0.205. The van der Waals surface area contributed by atoms with Crippen molar-refractivity contribution in [1.82, 2.24) is 0 Å². The van der Waals surface area contributed by atoms with E-state index < -0.39 is 0 Å². The molecule has 20 heavy (non-hydrogen) atoms. The van der Waals surface area contributed by atoms with Crippen molar-refractivity contribution in [2.75, 3.05) is 0 Å². The zero-order valence-corrected chi connectivity index (χ0v) is 12.2. The number of carbonyl (C=O) groups excluding carboxylic acids is 1. The summed E-state index contributed by atoms with van der Waals surface area (Å²) >= 11 is 0. The molecule has 2 aliphatic rings. The number of hydrogen-bond acceptors (Lipinski definition) is 3. The Morgan fingerprint density at radius 3 is 2.55 bits per heavy atom. The molecule has 0 heterocycles. The second kappa shape index (κ2) is 5.06. The number of benzene rings is 1. The molecule has 2 aliphatic carbocycles. The molecule has 106 valence electrons. The fraction of sp³-hybridized carbons (Fsp3) is 0.588. The van der Waals surface area contributed by atoms with E-state index in [1.807, 2.05) is 0 Å². The Morgan fingerprint density at radius 1 is 1.25 bits per heavy atom. The van der Waals surface area contributed by atoms with Gasteiger partial charge in [-0.15, -0.1) is 0 Å². The fourth-order valence-electron chi connectivity index (χ4n) is 3.13. The first-order valence-electron chi connectivity index (χ1n) is 7.53. The number of hydrogen-bond donors (Lipinski definition) is 0. The highest BCUT2D eigenvalue weighted by Gasteiger charge is 2.47. The van der Waals surface area contributed by atoms with E-state index in [1.165, 1.54) is 24.0 Å². The molecule has 0 saturated heterocycles. The Balaban J connectivity index is 2.00. The van der Waals surface area contributed by atoms with Gasteiger partial charge in [-0.3, -0.25) is 0 Å². The molecule has 1 aromatic rings. The van der Waals surface area contributed by atoms with Gasteiger partial charge in [0.15, 0.2) is 0 Å². The first-order valence-corrected chi connectivity index (χ1v) is 7.53.